The maximum Gasteiger partial charge on any atom is 0.409 e. The lowest BCUT2D eigenvalue weighted by Gasteiger charge is -2.43. The molecular formula is C72H129N23O27P6. The Kier molecular flexibility index (Phi) is 41.8. The van der Waals surface area contributed by atoms with Crippen LogP contribution >= 0.6 is 47.5 Å². The highest BCUT2D eigenvalue weighted by atomic mass is 31.2. The van der Waals surface area contributed by atoms with E-state index in [0.29, 0.717) is 18.9 Å². The number of aliphatic hydroxyl groups excluding tert-OH is 1. The fourth-order valence-corrected chi connectivity index (χ4v) is 23.1. The van der Waals surface area contributed by atoms with Crippen LogP contribution < -0.4 is 44.3 Å². The van der Waals surface area contributed by atoms with Gasteiger partial charge in [0.1, 0.15) is 36.4 Å². The van der Waals surface area contributed by atoms with Crippen LogP contribution in [0.5, 0.6) is 0 Å². The van der Waals surface area contributed by atoms with Gasteiger partial charge < -0.3 is 96.7 Å². The number of aliphatic hydroxyl groups is 1. The first kappa shape index (κ1) is 106. The molecular weight excluding hydrogens is 1800 g/mol. The number of likely N-dealkylation sites (N-methyl/N-ethyl adjacent to an activating group) is 1. The third-order valence-corrected chi connectivity index (χ3v) is 31.6. The Labute approximate surface area is 744 Å². The Hall–Kier alpha value is -5.76. The van der Waals surface area contributed by atoms with Crippen LogP contribution in [0.2, 0.25) is 0 Å². The Morgan fingerprint density at radius 2 is 1.20 bits per heavy atom. The average Bonchev–Trinajstić information content (AvgIpc) is 1.35. The zero-order chi connectivity index (χ0) is 93.3. The van der Waals surface area contributed by atoms with Gasteiger partial charge >= 0.3 is 46.2 Å². The first-order valence-electron chi connectivity index (χ1n) is 42.1. The van der Waals surface area contributed by atoms with E-state index in [4.69, 9.17) is 91.8 Å². The lowest BCUT2D eigenvalue weighted by Crippen LogP contribution is -2.50. The molecule has 9 heterocycles. The van der Waals surface area contributed by atoms with Gasteiger partial charge in [0.15, 0.2) is 18.3 Å². The van der Waals surface area contributed by atoms with Crippen molar-refractivity contribution in [2.45, 2.75) is 135 Å². The zero-order valence-electron chi connectivity index (χ0n) is 74.9. The van der Waals surface area contributed by atoms with Crippen LogP contribution in [-0.4, -0.2) is 373 Å². The highest BCUT2D eigenvalue weighted by Crippen LogP contribution is 2.55. The third kappa shape index (κ3) is 30.1. The summed E-state index contributed by atoms with van der Waals surface area (Å²) >= 11 is 0. The first-order valence-corrected chi connectivity index (χ1v) is 50.5. The van der Waals surface area contributed by atoms with Crippen molar-refractivity contribution in [2.24, 2.45) is 4.99 Å². The minimum atomic E-state index is -4.15. The number of H-pyrrole nitrogens is 1. The van der Waals surface area contributed by atoms with E-state index >= 15 is 4.57 Å². The number of rotatable bonds is 51. The van der Waals surface area contributed by atoms with E-state index in [-0.39, 0.29) is 186 Å². The predicted octanol–water partition coefficient (Wildman–Crippen LogP) is 2.56. The molecule has 50 nitrogen and oxygen atoms in total. The second kappa shape index (κ2) is 50.5. The summed E-state index contributed by atoms with van der Waals surface area (Å²) < 4.78 is 196. The molecule has 9 rings (SSSR count). The summed E-state index contributed by atoms with van der Waals surface area (Å²) in [5, 5.41) is 23.3. The van der Waals surface area contributed by atoms with E-state index in [1.54, 1.807) is 81.4 Å². The van der Waals surface area contributed by atoms with Crippen LogP contribution in [0.3, 0.4) is 0 Å². The fourth-order valence-electron chi connectivity index (χ4n) is 14.4. The normalized spacial score (nSPS) is 24.2. The molecule has 4 aromatic heterocycles. The van der Waals surface area contributed by atoms with Gasteiger partial charge in [-0.15, -0.1) is 0 Å². The molecule has 724 valence electrons. The van der Waals surface area contributed by atoms with Crippen molar-refractivity contribution < 1.29 is 107 Å². The monoisotopic (exact) mass is 1930 g/mol. The Balaban J connectivity index is 0.842. The van der Waals surface area contributed by atoms with Crippen molar-refractivity contribution in [3.63, 3.8) is 0 Å². The quantitative estimate of drug-likeness (QED) is 0.0190. The lowest BCUT2D eigenvalue weighted by atomic mass is 10.2. The van der Waals surface area contributed by atoms with Crippen LogP contribution in [-0.2, 0) is 97.2 Å². The number of hydrogen-bond donors (Lipinski definition) is 7. The smallest absolute Gasteiger partial charge is 0.409 e. The van der Waals surface area contributed by atoms with E-state index in [9.17, 15) is 46.8 Å². The number of nitrogen functional groups attached to an aromatic ring is 2. The summed E-state index contributed by atoms with van der Waals surface area (Å²) in [6.07, 6.45) is -3.29. The molecule has 56 heteroatoms. The average molecular weight is 1930 g/mol. The van der Waals surface area contributed by atoms with Crippen molar-refractivity contribution in [1.29, 1.82) is 5.41 Å². The Morgan fingerprint density at radius 1 is 0.680 bits per heavy atom. The van der Waals surface area contributed by atoms with Crippen LogP contribution in [0.15, 0.2) is 61.2 Å². The van der Waals surface area contributed by atoms with Gasteiger partial charge in [-0.1, -0.05) is 13.8 Å². The topological polar surface area (TPSA) is 562 Å². The van der Waals surface area contributed by atoms with Gasteiger partial charge in [0.25, 0.3) is 30.1 Å². The molecule has 0 radical (unpaired) electrons. The van der Waals surface area contributed by atoms with E-state index in [1.807, 2.05) is 18.9 Å². The van der Waals surface area contributed by atoms with Gasteiger partial charge in [0, 0.05) is 115 Å². The number of piperazine rings is 1. The molecule has 5 aliphatic rings. The van der Waals surface area contributed by atoms with Crippen LogP contribution in [0, 0.1) is 12.3 Å². The number of carbonyl (C=O) groups excluding carboxylic acids is 1. The molecule has 5 fully saturated rings. The number of morpholine rings is 4. The van der Waals surface area contributed by atoms with Gasteiger partial charge in [-0.3, -0.25) is 60.3 Å². The minimum Gasteiger partial charge on any atom is -0.447 e. The second-order valence-electron chi connectivity index (χ2n) is 31.5. The van der Waals surface area contributed by atoms with E-state index in [2.05, 4.69) is 35.1 Å². The number of ether oxygens (including phenoxy) is 9. The van der Waals surface area contributed by atoms with E-state index in [1.165, 1.54) is 97.0 Å². The second-order valence-corrected chi connectivity index (χ2v) is 43.3. The van der Waals surface area contributed by atoms with Crippen LogP contribution in [0.1, 0.15) is 90.6 Å². The molecule has 0 aliphatic carbocycles. The standard InChI is InChI=1S/C72H129N23O27P6/c1-15-62(94-34-50(4)68(97)82-71(94)100)119-54(32-78-123(102)111-45-59-40-91(36-52(6)118-59)128(107,85(12)13)116-47-56-37-86(14)41-64(121-56)92-20-18-60(74)80-69(92)98)43-112-124(103)88-35-51(5)117-57(38-88)46-114-126(105,83(8)9)79-33-55(120-63(16-2)95-49-77-66(53(7)73)67(95)76-17-3)44-113-125(104)89-39-58(122-65(42-89)93-21-19-61(75)81-70(93)99)48-115-127(106,84(10)11)90-24-22-87(23-25-90)72(101)110-31-30-109-29-28-108-27-26-96/h17-21,34,49,51-52,54-59,62-65,73,96,123-125H,15-16,22-33,35-48H2,1-14H3,(H,78,102)(H,79,105)(H2,74,80,98)(H2,75,81,99)(H,82,97,100)/b73-53?,76-17-. The minimum absolute atomic E-state index is 0.0182. The summed E-state index contributed by atoms with van der Waals surface area (Å²) in [7, 11) is -10.3. The number of anilines is 2. The van der Waals surface area contributed by atoms with Gasteiger partial charge in [0.2, 0.25) is 0 Å². The molecule has 1 amide bonds. The van der Waals surface area contributed by atoms with Crippen molar-refractivity contribution in [1.82, 2.24) is 90.9 Å². The van der Waals surface area contributed by atoms with Crippen LogP contribution in [0.4, 0.5) is 22.2 Å². The Bertz CT molecular complexity index is 4760. The highest BCUT2D eigenvalue weighted by molar-refractivity contribution is 7.54. The summed E-state index contributed by atoms with van der Waals surface area (Å²) in [4.78, 5) is 87.5. The molecule has 0 saturated carbocycles. The van der Waals surface area contributed by atoms with Crippen molar-refractivity contribution in [2.75, 3.05) is 232 Å². The molecule has 0 aromatic carbocycles. The van der Waals surface area contributed by atoms with E-state index < -0.39 is 163 Å². The lowest BCUT2D eigenvalue weighted by molar-refractivity contribution is -0.129. The number of hydrogen-bond acceptors (Lipinski definition) is 35. The third-order valence-electron chi connectivity index (χ3n) is 20.8. The number of aliphatic imine (C=N–C) groups is 1. The van der Waals surface area contributed by atoms with Crippen molar-refractivity contribution in [3.05, 3.63) is 90.1 Å². The number of carbonyl (C=O) groups is 1. The number of nitrogens with zero attached hydrogens (tertiary/aromatic N) is 17. The summed E-state index contributed by atoms with van der Waals surface area (Å²) in [5.74, 6) is 0.308. The van der Waals surface area contributed by atoms with Gasteiger partial charge in [-0.05, 0) is 109 Å². The maximum absolute atomic E-state index is 15.3. The molecule has 5 saturated heterocycles. The van der Waals surface area contributed by atoms with Crippen molar-refractivity contribution in [3.8, 4) is 0 Å². The number of nitrogens with two attached hydrogens (primary N) is 2. The number of amides is 1. The number of imidazole rings is 1. The summed E-state index contributed by atoms with van der Waals surface area (Å²) in [6, 6.07) is 2.88. The highest BCUT2D eigenvalue weighted by Gasteiger charge is 2.45. The number of aromatic amines is 1. The van der Waals surface area contributed by atoms with Gasteiger partial charge in [-0.2, -0.15) is 9.97 Å². The zero-order valence-corrected chi connectivity index (χ0v) is 80.6. The van der Waals surface area contributed by atoms with Crippen LogP contribution in [0.25, 0.3) is 0 Å². The largest absolute Gasteiger partial charge is 0.447 e. The molecule has 18 unspecified atom stereocenters. The molecule has 4 aromatic rings. The molecule has 9 N–H and O–H groups in total. The molecule has 0 bridgehead atoms. The summed E-state index contributed by atoms with van der Waals surface area (Å²) in [6.45, 7) is 11.4. The Morgan fingerprint density at radius 3 is 1.77 bits per heavy atom. The fraction of sp³-hybridized carbons (Fsp3) is 0.750. The molecule has 5 aliphatic heterocycles. The van der Waals surface area contributed by atoms with Gasteiger partial charge in [0.05, 0.1) is 140 Å². The summed E-state index contributed by atoms with van der Waals surface area (Å²) in [5.41, 5.74) is 9.52. The SMILES string of the molecule is C/C=N\c1c(C(C)=N)ncn1C(CC)OC(CNP(=O)(OCC1CN([PH](=O)OCC(CN[PH](=O)OCC2CN(P(=O)(OCC3CN(C)CC(n4ccc(N)nc4=O)O3)N(C)C)CC(C)O2)OC(CC)n2cc(C)c(=O)[nH]c2=O)CC(C)O1)N(C)C)CO[PH](=O)N1CC(COP(=O)(N(C)C)N2CCN(C(=O)OCCOCCOCCO)CC2)OC(n2ccc(N)nc2=O)C1. The molecule has 128 heavy (non-hydrogen) atoms. The predicted molar refractivity (Wildman–Crippen MR) is 473 cm³/mol. The number of nitrogens with one attached hydrogen (secondary N) is 4. The first-order chi connectivity index (χ1) is 60.9. The maximum atomic E-state index is 15.3. The van der Waals surface area contributed by atoms with Crippen molar-refractivity contribution >= 4 is 83.0 Å². The number of aryl methyl sites for hydroxylation is 1. The molecule has 0 spiro atoms. The number of aromatic nitrogens is 8. The van der Waals surface area contributed by atoms with E-state index in [0.717, 1.165) is 4.57 Å². The molecule has 18 atom stereocenters. The van der Waals surface area contributed by atoms with Gasteiger partial charge in [-0.25, -0.2) is 72.0 Å².